The van der Waals surface area contributed by atoms with E-state index in [9.17, 15) is 4.79 Å². The number of carbonyl (C=O) groups is 1. The minimum atomic E-state index is -0.883. The topological polar surface area (TPSA) is 107 Å². The van der Waals surface area contributed by atoms with Gasteiger partial charge in [-0.3, -0.25) is 9.36 Å². The van der Waals surface area contributed by atoms with Crippen LogP contribution < -0.4 is 0 Å². The molecule has 1 saturated carbocycles. The van der Waals surface area contributed by atoms with Gasteiger partial charge in [-0.05, 0) is 19.8 Å². The smallest absolute Gasteiger partial charge is 0.313 e. The molecule has 0 saturated heterocycles. The summed E-state index contributed by atoms with van der Waals surface area (Å²) < 4.78 is 6.98. The molecule has 0 radical (unpaired) electrons. The van der Waals surface area contributed by atoms with Gasteiger partial charge in [0.2, 0.25) is 5.89 Å². The molecule has 0 unspecified atom stereocenters. The lowest BCUT2D eigenvalue weighted by Crippen LogP contribution is -2.08. The van der Waals surface area contributed by atoms with Crippen molar-refractivity contribution >= 4 is 17.7 Å². The summed E-state index contributed by atoms with van der Waals surface area (Å²) in [5.41, 5.74) is 0. The normalized spacial score (nSPS) is 14.7. The van der Waals surface area contributed by atoms with E-state index in [1.807, 2.05) is 4.57 Å². The summed E-state index contributed by atoms with van der Waals surface area (Å²) >= 11 is 1.15. The van der Waals surface area contributed by atoms with E-state index < -0.39 is 5.97 Å². The fourth-order valence-electron chi connectivity index (χ4n) is 1.86. The number of nitrogens with zero attached hydrogens (tertiary/aromatic N) is 5. The van der Waals surface area contributed by atoms with Crippen LogP contribution >= 0.6 is 11.8 Å². The van der Waals surface area contributed by atoms with Crippen molar-refractivity contribution in [1.82, 2.24) is 24.9 Å². The fraction of sp³-hybridized carbons (Fsp3) is 0.545. The molecule has 0 bridgehead atoms. The van der Waals surface area contributed by atoms with Gasteiger partial charge in [0.1, 0.15) is 12.4 Å². The lowest BCUT2D eigenvalue weighted by atomic mass is 10.4. The molecule has 106 valence electrons. The predicted molar refractivity (Wildman–Crippen MR) is 68.5 cm³/mol. The highest BCUT2D eigenvalue weighted by Crippen LogP contribution is 2.40. The average Bonchev–Trinajstić information content (AvgIpc) is 3.05. The van der Waals surface area contributed by atoms with E-state index in [4.69, 9.17) is 9.63 Å². The molecular formula is C11H13N5O3S. The highest BCUT2D eigenvalue weighted by molar-refractivity contribution is 7.99. The number of hydrogen-bond donors (Lipinski definition) is 1. The minimum Gasteiger partial charge on any atom is -0.481 e. The molecule has 0 amide bonds. The van der Waals surface area contributed by atoms with Crippen LogP contribution in [0, 0.1) is 6.92 Å². The van der Waals surface area contributed by atoms with Crippen LogP contribution in [-0.4, -0.2) is 41.7 Å². The molecule has 0 aliphatic heterocycles. The predicted octanol–water partition coefficient (Wildman–Crippen LogP) is 1.07. The van der Waals surface area contributed by atoms with Gasteiger partial charge in [-0.15, -0.1) is 10.2 Å². The molecule has 8 nitrogen and oxygen atoms in total. The summed E-state index contributed by atoms with van der Waals surface area (Å²) in [6.07, 6.45) is 2.18. The Labute approximate surface area is 118 Å². The van der Waals surface area contributed by atoms with Crippen LogP contribution in [0.5, 0.6) is 0 Å². The van der Waals surface area contributed by atoms with Crippen molar-refractivity contribution in [3.63, 3.8) is 0 Å². The van der Waals surface area contributed by atoms with E-state index in [0.29, 0.717) is 29.3 Å². The summed E-state index contributed by atoms with van der Waals surface area (Å²) in [5, 5.41) is 21.3. The van der Waals surface area contributed by atoms with Crippen LogP contribution in [0.15, 0.2) is 9.68 Å². The van der Waals surface area contributed by atoms with Crippen molar-refractivity contribution in [2.45, 2.75) is 37.4 Å². The number of aromatic nitrogens is 5. The molecule has 1 aliphatic rings. The summed E-state index contributed by atoms with van der Waals surface area (Å²) in [6, 6.07) is 0. The van der Waals surface area contributed by atoms with Crippen LogP contribution in [-0.2, 0) is 11.3 Å². The third kappa shape index (κ3) is 2.82. The maximum Gasteiger partial charge on any atom is 0.313 e. The van der Waals surface area contributed by atoms with Crippen LogP contribution in [0.3, 0.4) is 0 Å². The maximum absolute atomic E-state index is 10.7. The van der Waals surface area contributed by atoms with Crippen molar-refractivity contribution in [3.05, 3.63) is 17.5 Å². The zero-order valence-corrected chi connectivity index (χ0v) is 11.6. The number of aliphatic carboxylic acids is 1. The first kappa shape index (κ1) is 13.1. The van der Waals surface area contributed by atoms with Crippen LogP contribution in [0.4, 0.5) is 0 Å². The van der Waals surface area contributed by atoms with E-state index in [1.54, 1.807) is 6.92 Å². The second kappa shape index (κ2) is 5.23. The molecule has 3 rings (SSSR count). The molecule has 0 spiro atoms. The van der Waals surface area contributed by atoms with E-state index in [2.05, 4.69) is 20.3 Å². The molecule has 9 heteroatoms. The molecule has 20 heavy (non-hydrogen) atoms. The molecule has 2 heterocycles. The van der Waals surface area contributed by atoms with Gasteiger partial charge in [-0.1, -0.05) is 16.9 Å². The molecule has 1 N–H and O–H groups in total. The molecule has 1 aliphatic carbocycles. The van der Waals surface area contributed by atoms with Crippen molar-refractivity contribution in [2.24, 2.45) is 0 Å². The highest BCUT2D eigenvalue weighted by atomic mass is 32.2. The van der Waals surface area contributed by atoms with Crippen molar-refractivity contribution < 1.29 is 14.4 Å². The SMILES string of the molecule is Cc1noc(Cn2c(SCC(=O)O)nnc2C2CC2)n1. The highest BCUT2D eigenvalue weighted by Gasteiger charge is 2.31. The zero-order chi connectivity index (χ0) is 14.1. The first-order valence-electron chi connectivity index (χ1n) is 6.20. The van der Waals surface area contributed by atoms with E-state index in [-0.39, 0.29) is 5.75 Å². The van der Waals surface area contributed by atoms with Crippen LogP contribution in [0.2, 0.25) is 0 Å². The second-order valence-electron chi connectivity index (χ2n) is 4.62. The Hall–Kier alpha value is -1.90. The lowest BCUT2D eigenvalue weighted by Gasteiger charge is -2.05. The second-order valence-corrected chi connectivity index (χ2v) is 5.56. The number of carboxylic acid groups (broad SMARTS) is 1. The van der Waals surface area contributed by atoms with Gasteiger partial charge >= 0.3 is 5.97 Å². The third-order valence-corrected chi connectivity index (χ3v) is 3.83. The maximum atomic E-state index is 10.7. The molecule has 2 aromatic heterocycles. The first-order chi connectivity index (χ1) is 9.63. The third-order valence-electron chi connectivity index (χ3n) is 2.88. The van der Waals surface area contributed by atoms with Gasteiger partial charge < -0.3 is 9.63 Å². The fourth-order valence-corrected chi connectivity index (χ4v) is 2.53. The van der Waals surface area contributed by atoms with Gasteiger partial charge in [0.15, 0.2) is 11.0 Å². The summed E-state index contributed by atoms with van der Waals surface area (Å²) in [5.74, 6) is 1.39. The number of aryl methyl sites for hydroxylation is 1. The quantitative estimate of drug-likeness (QED) is 0.789. The lowest BCUT2D eigenvalue weighted by molar-refractivity contribution is -0.133. The Kier molecular flexibility index (Phi) is 3.43. The molecule has 0 aromatic carbocycles. The van der Waals surface area contributed by atoms with Gasteiger partial charge in [0, 0.05) is 5.92 Å². The monoisotopic (exact) mass is 295 g/mol. The largest absolute Gasteiger partial charge is 0.481 e. The summed E-state index contributed by atoms with van der Waals surface area (Å²) in [7, 11) is 0. The Morgan fingerprint density at radius 3 is 2.90 bits per heavy atom. The Morgan fingerprint density at radius 1 is 1.50 bits per heavy atom. The molecule has 0 atom stereocenters. The number of carboxylic acids is 1. The van der Waals surface area contributed by atoms with E-state index in [0.717, 1.165) is 30.4 Å². The zero-order valence-electron chi connectivity index (χ0n) is 10.8. The number of thioether (sulfide) groups is 1. The standard InChI is InChI=1S/C11H13N5O3S/c1-6-12-8(19-15-6)4-16-10(7-2-3-7)13-14-11(16)20-5-9(17)18/h7H,2-5H2,1H3,(H,17,18). The minimum absolute atomic E-state index is 0.0499. The van der Waals surface area contributed by atoms with Crippen LogP contribution in [0.25, 0.3) is 0 Å². The number of hydrogen-bond acceptors (Lipinski definition) is 7. The summed E-state index contributed by atoms with van der Waals surface area (Å²) in [6.45, 7) is 2.13. The van der Waals surface area contributed by atoms with Gasteiger partial charge in [-0.2, -0.15) is 4.98 Å². The van der Waals surface area contributed by atoms with Gasteiger partial charge in [0.25, 0.3) is 0 Å². The van der Waals surface area contributed by atoms with E-state index >= 15 is 0 Å². The summed E-state index contributed by atoms with van der Waals surface area (Å²) in [4.78, 5) is 14.8. The average molecular weight is 295 g/mol. The Morgan fingerprint density at radius 2 is 2.30 bits per heavy atom. The number of rotatable bonds is 6. The Balaban J connectivity index is 1.84. The molecule has 1 fully saturated rings. The Bertz CT molecular complexity index is 634. The van der Waals surface area contributed by atoms with Gasteiger partial charge in [-0.25, -0.2) is 0 Å². The molecule has 2 aromatic rings. The van der Waals surface area contributed by atoms with Gasteiger partial charge in [0.05, 0.1) is 5.75 Å². The van der Waals surface area contributed by atoms with Crippen molar-refractivity contribution in [2.75, 3.05) is 5.75 Å². The van der Waals surface area contributed by atoms with Crippen molar-refractivity contribution in [1.29, 1.82) is 0 Å². The first-order valence-corrected chi connectivity index (χ1v) is 7.19. The van der Waals surface area contributed by atoms with E-state index in [1.165, 1.54) is 0 Å². The van der Waals surface area contributed by atoms with Crippen molar-refractivity contribution in [3.8, 4) is 0 Å². The van der Waals surface area contributed by atoms with Crippen LogP contribution in [0.1, 0.15) is 36.3 Å². The molecular weight excluding hydrogens is 282 g/mol.